The number of rotatable bonds is 18. The van der Waals surface area contributed by atoms with Gasteiger partial charge in [0.25, 0.3) is 23.6 Å². The molecule has 648 valence electrons. The van der Waals surface area contributed by atoms with Crippen LogP contribution in [0.3, 0.4) is 0 Å². The third kappa shape index (κ3) is 32.8. The molecule has 16 rings (SSSR count). The van der Waals surface area contributed by atoms with E-state index in [-0.39, 0.29) is 124 Å². The van der Waals surface area contributed by atoms with E-state index in [1.54, 1.807) is 98.1 Å². The van der Waals surface area contributed by atoms with E-state index >= 15 is 0 Å². The van der Waals surface area contributed by atoms with E-state index in [0.29, 0.717) is 69.6 Å². The number of halogens is 12. The Bertz CT molecular complexity index is 5390. The minimum absolute atomic E-state index is 0. The summed E-state index contributed by atoms with van der Waals surface area (Å²) in [6.07, 6.45) is 15.8. The first-order valence-electron chi connectivity index (χ1n) is 37.1. The summed E-state index contributed by atoms with van der Waals surface area (Å²) >= 11 is 0. The molecule has 22 nitrogen and oxygen atoms in total. The minimum Gasteiger partial charge on any atom is -1.00 e. The Morgan fingerprint density at radius 1 is 0.365 bits per heavy atom. The van der Waals surface area contributed by atoms with Gasteiger partial charge in [0.1, 0.15) is 0 Å². The van der Waals surface area contributed by atoms with Gasteiger partial charge in [-0.05, 0) is 121 Å². The molecule has 2 N–H and O–H groups in total. The summed E-state index contributed by atoms with van der Waals surface area (Å²) in [5.41, 5.74) is 9.56. The molecule has 8 aromatic heterocycles. The Hall–Kier alpha value is -13.7. The van der Waals surface area contributed by atoms with Crippen molar-refractivity contribution in [1.82, 2.24) is 50.0 Å². The predicted octanol–water partition coefficient (Wildman–Crippen LogP) is 12.3. The van der Waals surface area contributed by atoms with E-state index in [9.17, 15) is 81.8 Å². The summed E-state index contributed by atoms with van der Waals surface area (Å²) in [4.78, 5) is 138. The normalized spacial score (nSPS) is 11.3. The number of amides is 6. The standard InChI is InChI=1S/2C22H20N4O5.2C11H6F2N.2C11H8N.2BF3.2FH.2Ir/c2*27-17(7-1-2-8-20(30)31-26-18(28)9-10-19(26)29)25-16-13-14-5-3-11-23-21(14)22-15(16)6-4-12-24-22;2*12-8-4-5-9(10(13)7-8)11-3-1-2-6-14-11;2*1-2-6-10(7-3-1)11-8-4-5-9-12-11;2*2-1(3)4;;;;/h2*3-6,11-13H,1-2,7-10H2,(H,25,27);2*1-4,6-7H;2*1-6,8-9H;;;2*1H;;/q;;4*-1;;;;;2*+3/p-2. The number of anilines is 2. The van der Waals surface area contributed by atoms with Crippen molar-refractivity contribution in [3.63, 3.8) is 0 Å². The number of fused-ring (bicyclic) bond motifs is 6. The molecule has 38 heteroatoms. The van der Waals surface area contributed by atoms with Gasteiger partial charge in [0.05, 0.1) is 33.4 Å². The Labute approximate surface area is 740 Å². The number of unbranched alkanes of at least 4 members (excludes halogenated alkanes) is 2. The van der Waals surface area contributed by atoms with Crippen LogP contribution in [-0.2, 0) is 88.2 Å². The van der Waals surface area contributed by atoms with Crippen molar-refractivity contribution in [2.45, 2.75) is 77.0 Å². The molecular formula is C88H68B2F12Ir2N12O10. The molecule has 0 radical (unpaired) electrons. The largest absolute Gasteiger partial charge is 3.00 e. The molecule has 0 saturated carbocycles. The summed E-state index contributed by atoms with van der Waals surface area (Å²) in [5, 5.41) is 10.2. The summed E-state index contributed by atoms with van der Waals surface area (Å²) in [5.74, 6) is -6.31. The minimum atomic E-state index is -3.67. The van der Waals surface area contributed by atoms with Gasteiger partial charge in [-0.25, -0.2) is 9.59 Å². The predicted molar refractivity (Wildman–Crippen MR) is 435 cm³/mol. The molecule has 6 aromatic carbocycles. The van der Waals surface area contributed by atoms with E-state index in [1.807, 2.05) is 133 Å². The SMILES string of the molecule is FB(F)F.FB(F)F.Fc1c[c-]c(-c2ccccn2)c(F)c1.Fc1c[c-]c(-c2ccccn2)c(F)c1.O=C(CCCCC(=O)ON1C(=O)CCC1=O)Nc1cc2cccnc2c2ncccc12.O=C(CCCCC(=O)ON1C(=O)CCC1=O)Nc1cc2cccnc2c2ncccc12.[F-].[F-].[Ir+3].[Ir+3].[c-]1ccccc1-c1ccccn1.[c-]1ccccc1-c1ccccn1. The van der Waals surface area contributed by atoms with Gasteiger partial charge in [-0.1, -0.05) is 83.9 Å². The zero-order valence-electron chi connectivity index (χ0n) is 65.6. The summed E-state index contributed by atoms with van der Waals surface area (Å²) in [6.45, 7) is 0. The van der Waals surface area contributed by atoms with Crippen LogP contribution in [0.2, 0.25) is 0 Å². The smallest absolute Gasteiger partial charge is 1.00 e. The molecule has 0 unspecified atom stereocenters. The van der Waals surface area contributed by atoms with Gasteiger partial charge in [0.2, 0.25) is 11.8 Å². The fourth-order valence-corrected chi connectivity index (χ4v) is 11.4. The van der Waals surface area contributed by atoms with Crippen LogP contribution in [0.25, 0.3) is 88.6 Å². The van der Waals surface area contributed by atoms with Gasteiger partial charge < -0.3 is 49.7 Å². The van der Waals surface area contributed by atoms with Gasteiger partial charge in [0, 0.05) is 146 Å². The van der Waals surface area contributed by atoms with Crippen LogP contribution < -0.4 is 20.0 Å². The number of hydrogen-bond donors (Lipinski definition) is 2. The molecule has 2 fully saturated rings. The number of carbonyl (C=O) groups is 8. The second kappa shape index (κ2) is 54.0. The topological polar surface area (TPSA) is 289 Å². The third-order valence-electron chi connectivity index (χ3n) is 16.8. The zero-order chi connectivity index (χ0) is 87.1. The molecule has 0 bridgehead atoms. The number of imide groups is 2. The van der Waals surface area contributed by atoms with Gasteiger partial charge in [0.15, 0.2) is 0 Å². The van der Waals surface area contributed by atoms with Crippen LogP contribution in [-0.4, -0.2) is 112 Å². The van der Waals surface area contributed by atoms with Gasteiger partial charge in [-0.15, -0.1) is 106 Å². The van der Waals surface area contributed by atoms with Crippen LogP contribution in [0.15, 0.2) is 256 Å². The Morgan fingerprint density at radius 2 is 0.667 bits per heavy atom. The molecule has 0 atom stereocenters. The molecule has 0 spiro atoms. The number of nitrogens with one attached hydrogen (secondary N) is 2. The number of carbonyl (C=O) groups excluding carboxylic acids is 8. The van der Waals surface area contributed by atoms with Crippen LogP contribution in [0, 0.1) is 47.5 Å². The molecule has 6 amide bonds. The van der Waals surface area contributed by atoms with E-state index in [1.165, 1.54) is 0 Å². The van der Waals surface area contributed by atoms with E-state index in [4.69, 9.17) is 9.68 Å². The maximum atomic E-state index is 13.2. The Kier molecular flexibility index (Phi) is 44.1. The summed E-state index contributed by atoms with van der Waals surface area (Å²) < 4.78 is 110. The van der Waals surface area contributed by atoms with Gasteiger partial charge >= 0.3 is 67.2 Å². The molecule has 2 aliphatic rings. The van der Waals surface area contributed by atoms with Crippen molar-refractivity contribution in [2.75, 3.05) is 10.6 Å². The second-order valence-electron chi connectivity index (χ2n) is 25.4. The van der Waals surface area contributed by atoms with Crippen molar-refractivity contribution >= 4 is 117 Å². The van der Waals surface area contributed by atoms with Crippen LogP contribution in [0.4, 0.5) is 54.8 Å². The molecule has 14 aromatic rings. The number of hydrogen-bond acceptors (Lipinski definition) is 18. The first-order chi connectivity index (χ1) is 59.0. The van der Waals surface area contributed by atoms with Crippen molar-refractivity contribution in [2.24, 2.45) is 0 Å². The van der Waals surface area contributed by atoms with Crippen molar-refractivity contribution in [3.05, 3.63) is 303 Å². The molecule has 2 aliphatic heterocycles. The fourth-order valence-electron chi connectivity index (χ4n) is 11.4. The van der Waals surface area contributed by atoms with E-state index < -0.39 is 73.9 Å². The monoisotopic (exact) mass is 2090 g/mol. The molecule has 126 heavy (non-hydrogen) atoms. The Morgan fingerprint density at radius 3 is 0.976 bits per heavy atom. The van der Waals surface area contributed by atoms with Crippen molar-refractivity contribution in [1.29, 1.82) is 0 Å². The molecule has 0 aliphatic carbocycles. The number of aromatic nitrogens is 8. The molecular weight excluding hydrogens is 2020 g/mol. The second-order valence-corrected chi connectivity index (χ2v) is 25.4. The summed E-state index contributed by atoms with van der Waals surface area (Å²) in [6, 6.07) is 71.2. The maximum Gasteiger partial charge on any atom is 3.00 e. The first kappa shape index (κ1) is 103. The van der Waals surface area contributed by atoms with Crippen LogP contribution in [0.1, 0.15) is 77.0 Å². The zero-order valence-corrected chi connectivity index (χ0v) is 70.4. The van der Waals surface area contributed by atoms with E-state index in [2.05, 4.69) is 74.8 Å². The van der Waals surface area contributed by atoms with Crippen molar-refractivity contribution in [3.8, 4) is 45.0 Å². The van der Waals surface area contributed by atoms with Crippen LogP contribution >= 0.6 is 0 Å². The fraction of sp³-hybridized carbons (Fsp3) is 0.136. The first-order valence-corrected chi connectivity index (χ1v) is 37.1. The van der Waals surface area contributed by atoms with Gasteiger partial charge in [-0.3, -0.25) is 92.2 Å². The van der Waals surface area contributed by atoms with E-state index in [0.717, 1.165) is 79.4 Å². The average molecular weight is 2090 g/mol. The molecule has 10 heterocycles. The van der Waals surface area contributed by atoms with Crippen LogP contribution in [0.5, 0.6) is 0 Å². The quantitative estimate of drug-likeness (QED) is 0.0201. The number of nitrogens with zero attached hydrogens (tertiary/aromatic N) is 10. The number of pyridine rings is 8. The number of hydroxylamine groups is 4. The average Bonchev–Trinajstić information content (AvgIpc) is 0.953. The third-order valence-corrected chi connectivity index (χ3v) is 16.8. The maximum absolute atomic E-state index is 13.2. The molecule has 2 saturated heterocycles. The number of benzene rings is 6. The van der Waals surface area contributed by atoms with Crippen molar-refractivity contribution < 1.29 is 141 Å². The Balaban J connectivity index is 0.000000273. The van der Waals surface area contributed by atoms with Gasteiger partial charge in [-0.2, -0.15) is 0 Å². The summed E-state index contributed by atoms with van der Waals surface area (Å²) in [7, 11) is -7.33.